The van der Waals surface area contributed by atoms with Gasteiger partial charge in [-0.2, -0.15) is 5.26 Å². The van der Waals surface area contributed by atoms with Gasteiger partial charge in [-0.05, 0) is 44.8 Å². The van der Waals surface area contributed by atoms with Crippen LogP contribution in [0.4, 0.5) is 0 Å². The molecular formula is C9H8Br2N2OS. The predicted molar refractivity (Wildman–Crippen MR) is 66.8 cm³/mol. The third-order valence-electron chi connectivity index (χ3n) is 1.66. The van der Waals surface area contributed by atoms with E-state index in [-0.39, 0.29) is 11.8 Å². The highest BCUT2D eigenvalue weighted by molar-refractivity contribution is 9.13. The largest absolute Gasteiger partial charge is 0.350 e. The number of rotatable bonds is 3. The van der Waals surface area contributed by atoms with E-state index in [4.69, 9.17) is 5.26 Å². The van der Waals surface area contributed by atoms with Gasteiger partial charge in [0.15, 0.2) is 0 Å². The van der Waals surface area contributed by atoms with Crippen LogP contribution in [0, 0.1) is 17.2 Å². The van der Waals surface area contributed by atoms with Gasteiger partial charge in [0.25, 0.3) is 5.91 Å². The summed E-state index contributed by atoms with van der Waals surface area (Å²) in [7, 11) is 0. The summed E-state index contributed by atoms with van der Waals surface area (Å²) in [6, 6.07) is 3.81. The Bertz CT molecular complexity index is 391. The fourth-order valence-corrected chi connectivity index (χ4v) is 2.79. The van der Waals surface area contributed by atoms with Crippen LogP contribution in [0.15, 0.2) is 14.3 Å². The van der Waals surface area contributed by atoms with Crippen LogP contribution >= 0.6 is 43.2 Å². The van der Waals surface area contributed by atoms with E-state index in [1.54, 1.807) is 13.0 Å². The Balaban J connectivity index is 2.59. The summed E-state index contributed by atoms with van der Waals surface area (Å²) in [4.78, 5) is 12.2. The maximum absolute atomic E-state index is 11.6. The number of nitriles is 1. The maximum Gasteiger partial charge on any atom is 0.261 e. The first kappa shape index (κ1) is 12.7. The Morgan fingerprint density at radius 2 is 2.40 bits per heavy atom. The summed E-state index contributed by atoms with van der Waals surface area (Å²) in [5, 5.41) is 11.3. The highest BCUT2D eigenvalue weighted by Gasteiger charge is 2.12. The van der Waals surface area contributed by atoms with Gasteiger partial charge in [0.2, 0.25) is 0 Å². The second-order valence-corrected chi connectivity index (χ2v) is 6.20. The van der Waals surface area contributed by atoms with Crippen molar-refractivity contribution in [3.8, 4) is 6.07 Å². The summed E-state index contributed by atoms with van der Waals surface area (Å²) < 4.78 is 1.76. The number of hydrogen-bond acceptors (Lipinski definition) is 3. The summed E-state index contributed by atoms with van der Waals surface area (Å²) in [6.07, 6.45) is 0. The van der Waals surface area contributed by atoms with Crippen molar-refractivity contribution in [2.24, 2.45) is 5.92 Å². The number of nitrogens with one attached hydrogen (secondary N) is 1. The Kier molecular flexibility index (Phi) is 4.77. The second-order valence-electron chi connectivity index (χ2n) is 2.97. The molecule has 0 bridgehead atoms. The SMILES string of the molecule is CC(C#N)CNC(=O)c1cc(Br)c(Br)s1. The lowest BCUT2D eigenvalue weighted by Crippen LogP contribution is -2.26. The van der Waals surface area contributed by atoms with E-state index in [2.05, 4.69) is 43.2 Å². The molecule has 0 aromatic carbocycles. The second kappa shape index (κ2) is 5.64. The molecular weight excluding hydrogens is 344 g/mol. The molecule has 1 heterocycles. The van der Waals surface area contributed by atoms with Crippen molar-refractivity contribution in [1.82, 2.24) is 5.32 Å². The van der Waals surface area contributed by atoms with Crippen molar-refractivity contribution in [3.63, 3.8) is 0 Å². The van der Waals surface area contributed by atoms with Gasteiger partial charge < -0.3 is 5.32 Å². The standard InChI is InChI=1S/C9H8Br2N2OS/c1-5(3-12)4-13-9(14)7-2-6(10)8(11)15-7/h2,5H,4H2,1H3,(H,13,14). The summed E-state index contributed by atoms with van der Waals surface area (Å²) >= 11 is 7.98. The van der Waals surface area contributed by atoms with Gasteiger partial charge in [0.1, 0.15) is 0 Å². The summed E-state index contributed by atoms with van der Waals surface area (Å²) in [5.74, 6) is -0.311. The average molecular weight is 352 g/mol. The van der Waals surface area contributed by atoms with Gasteiger partial charge in [-0.25, -0.2) is 0 Å². The molecule has 1 amide bonds. The minimum absolute atomic E-state index is 0.145. The fraction of sp³-hybridized carbons (Fsp3) is 0.333. The van der Waals surface area contributed by atoms with Crippen LogP contribution in [0.25, 0.3) is 0 Å². The van der Waals surface area contributed by atoms with Crippen LogP contribution in [0.5, 0.6) is 0 Å². The zero-order valence-electron chi connectivity index (χ0n) is 7.88. The molecule has 0 aliphatic carbocycles. The van der Waals surface area contributed by atoms with Crippen molar-refractivity contribution in [1.29, 1.82) is 5.26 Å². The van der Waals surface area contributed by atoms with Crippen molar-refractivity contribution in [3.05, 3.63) is 19.2 Å². The molecule has 0 aliphatic rings. The molecule has 3 nitrogen and oxygen atoms in total. The van der Waals surface area contributed by atoms with E-state index >= 15 is 0 Å². The van der Waals surface area contributed by atoms with E-state index in [0.29, 0.717) is 11.4 Å². The molecule has 15 heavy (non-hydrogen) atoms. The molecule has 0 aliphatic heterocycles. The third kappa shape index (κ3) is 3.59. The van der Waals surface area contributed by atoms with Crippen LogP contribution in [0.2, 0.25) is 0 Å². The lowest BCUT2D eigenvalue weighted by molar-refractivity contribution is 0.0955. The third-order valence-corrected chi connectivity index (χ3v) is 4.91. The number of carbonyl (C=O) groups excluding carboxylic acids is 1. The van der Waals surface area contributed by atoms with E-state index in [1.807, 2.05) is 0 Å². The number of halogens is 2. The molecule has 0 fully saturated rings. The summed E-state index contributed by atoms with van der Waals surface area (Å²) in [5.41, 5.74) is 0. The molecule has 1 unspecified atom stereocenters. The Morgan fingerprint density at radius 3 is 2.87 bits per heavy atom. The normalized spacial score (nSPS) is 11.9. The molecule has 1 N–H and O–H groups in total. The van der Waals surface area contributed by atoms with Crippen LogP contribution < -0.4 is 5.32 Å². The lowest BCUT2D eigenvalue weighted by atomic mass is 10.2. The minimum Gasteiger partial charge on any atom is -0.350 e. The zero-order valence-corrected chi connectivity index (χ0v) is 11.9. The van der Waals surface area contributed by atoms with E-state index in [0.717, 1.165) is 8.26 Å². The minimum atomic E-state index is -0.166. The van der Waals surface area contributed by atoms with Crippen LogP contribution in [-0.4, -0.2) is 12.5 Å². The van der Waals surface area contributed by atoms with Gasteiger partial charge in [0, 0.05) is 11.0 Å². The maximum atomic E-state index is 11.6. The number of thiophene rings is 1. The van der Waals surface area contributed by atoms with E-state index < -0.39 is 0 Å². The fourth-order valence-electron chi connectivity index (χ4n) is 0.837. The molecule has 1 aromatic heterocycles. The molecule has 1 aromatic rings. The van der Waals surface area contributed by atoms with Crippen molar-refractivity contribution in [2.75, 3.05) is 6.54 Å². The van der Waals surface area contributed by atoms with Gasteiger partial charge >= 0.3 is 0 Å². The van der Waals surface area contributed by atoms with Crippen LogP contribution in [-0.2, 0) is 0 Å². The Hall–Kier alpha value is -0.380. The molecule has 0 saturated heterocycles. The Morgan fingerprint density at radius 1 is 1.73 bits per heavy atom. The zero-order chi connectivity index (χ0) is 11.4. The topological polar surface area (TPSA) is 52.9 Å². The highest BCUT2D eigenvalue weighted by Crippen LogP contribution is 2.32. The van der Waals surface area contributed by atoms with Gasteiger partial charge in [-0.15, -0.1) is 11.3 Å². The van der Waals surface area contributed by atoms with Gasteiger partial charge in [-0.1, -0.05) is 0 Å². The molecule has 6 heteroatoms. The van der Waals surface area contributed by atoms with E-state index in [1.165, 1.54) is 11.3 Å². The van der Waals surface area contributed by atoms with Crippen molar-refractivity contribution < 1.29 is 4.79 Å². The van der Waals surface area contributed by atoms with Crippen LogP contribution in [0.3, 0.4) is 0 Å². The number of nitrogens with zero attached hydrogens (tertiary/aromatic N) is 1. The molecule has 80 valence electrons. The summed E-state index contributed by atoms with van der Waals surface area (Å²) in [6.45, 7) is 2.14. The molecule has 0 radical (unpaired) electrons. The number of amides is 1. The smallest absolute Gasteiger partial charge is 0.261 e. The van der Waals surface area contributed by atoms with Gasteiger partial charge in [-0.3, -0.25) is 4.79 Å². The first-order valence-electron chi connectivity index (χ1n) is 4.17. The van der Waals surface area contributed by atoms with Crippen molar-refractivity contribution >= 4 is 49.1 Å². The van der Waals surface area contributed by atoms with Crippen LogP contribution in [0.1, 0.15) is 16.6 Å². The quantitative estimate of drug-likeness (QED) is 0.909. The Labute approximate surface area is 109 Å². The average Bonchev–Trinajstić information content (AvgIpc) is 2.55. The van der Waals surface area contributed by atoms with E-state index in [9.17, 15) is 4.79 Å². The first-order valence-corrected chi connectivity index (χ1v) is 6.57. The molecule has 1 rings (SSSR count). The van der Waals surface area contributed by atoms with Crippen molar-refractivity contribution in [2.45, 2.75) is 6.92 Å². The number of hydrogen-bond donors (Lipinski definition) is 1. The first-order chi connectivity index (χ1) is 7.04. The number of carbonyl (C=O) groups is 1. The molecule has 0 spiro atoms. The molecule has 1 atom stereocenters. The monoisotopic (exact) mass is 350 g/mol. The molecule has 0 saturated carbocycles. The lowest BCUT2D eigenvalue weighted by Gasteiger charge is -2.03. The highest BCUT2D eigenvalue weighted by atomic mass is 79.9. The predicted octanol–water partition coefficient (Wildman–Crippen LogP) is 3.16. The van der Waals surface area contributed by atoms with Gasteiger partial charge in [0.05, 0.1) is 20.7 Å².